The first-order valence-corrected chi connectivity index (χ1v) is 6.12. The minimum Gasteiger partial charge on any atom is -0.480 e. The molecule has 0 aliphatic heterocycles. The van der Waals surface area contributed by atoms with E-state index in [4.69, 9.17) is 5.11 Å². The fourth-order valence-electron chi connectivity index (χ4n) is 1.23. The van der Waals surface area contributed by atoms with Crippen molar-refractivity contribution in [2.24, 2.45) is 5.92 Å². The van der Waals surface area contributed by atoms with Crippen molar-refractivity contribution >= 4 is 15.8 Å². The van der Waals surface area contributed by atoms with E-state index in [0.29, 0.717) is 0 Å². The van der Waals surface area contributed by atoms with Crippen LogP contribution in [0.4, 0.5) is 8.78 Å². The van der Waals surface area contributed by atoms with Crippen molar-refractivity contribution in [1.29, 1.82) is 0 Å². The Morgan fingerprint density at radius 3 is 2.07 bits per heavy atom. The lowest BCUT2D eigenvalue weighted by Crippen LogP contribution is -2.36. The lowest BCUT2D eigenvalue weighted by atomic mass is 10.1. The maximum Gasteiger partial charge on any atom is 0.322 e. The van der Waals surface area contributed by atoms with E-state index in [-0.39, 0.29) is 0 Å². The Balaban J connectivity index is 4.74. The van der Waals surface area contributed by atoms with E-state index in [2.05, 4.69) is 0 Å². The lowest BCUT2D eigenvalue weighted by molar-refractivity contribution is -0.137. The van der Waals surface area contributed by atoms with Gasteiger partial charge in [0.1, 0.15) is 0 Å². The fraction of sp³-hybridized carbons (Fsp3) is 0.875. The van der Waals surface area contributed by atoms with E-state index in [1.54, 1.807) is 0 Å². The molecule has 0 aliphatic rings. The molecule has 0 aromatic rings. The average molecular weight is 244 g/mol. The number of rotatable bonds is 6. The standard InChI is InChI=1S/C8H14F2O4S/c1-5(2)7(8(11)12)15(13,14)4-3-6(9)10/h5-7H,3-4H2,1-2H3,(H,11,12). The predicted molar refractivity (Wildman–Crippen MR) is 50.7 cm³/mol. The molecular formula is C8H14F2O4S. The van der Waals surface area contributed by atoms with Gasteiger partial charge >= 0.3 is 5.97 Å². The van der Waals surface area contributed by atoms with Crippen LogP contribution in [0.15, 0.2) is 0 Å². The average Bonchev–Trinajstić information content (AvgIpc) is 1.98. The van der Waals surface area contributed by atoms with Crippen LogP contribution in [0.5, 0.6) is 0 Å². The van der Waals surface area contributed by atoms with Gasteiger partial charge < -0.3 is 5.11 Å². The van der Waals surface area contributed by atoms with Crippen molar-refractivity contribution < 1.29 is 27.1 Å². The summed E-state index contributed by atoms with van der Waals surface area (Å²) in [4.78, 5) is 10.7. The summed E-state index contributed by atoms with van der Waals surface area (Å²) in [6.45, 7) is 2.86. The molecule has 4 nitrogen and oxygen atoms in total. The minimum absolute atomic E-state index is 0.634. The molecule has 0 spiro atoms. The number of aliphatic carboxylic acids is 1. The Labute approximate surface area is 87.2 Å². The van der Waals surface area contributed by atoms with Gasteiger partial charge in [0, 0.05) is 6.42 Å². The molecule has 0 bridgehead atoms. The SMILES string of the molecule is CC(C)C(C(=O)O)S(=O)(=O)CCC(F)F. The van der Waals surface area contributed by atoms with Crippen LogP contribution in [0.1, 0.15) is 20.3 Å². The molecule has 0 aromatic heterocycles. The van der Waals surface area contributed by atoms with Gasteiger partial charge in [-0.15, -0.1) is 0 Å². The topological polar surface area (TPSA) is 71.4 Å². The molecule has 0 aromatic carbocycles. The Morgan fingerprint density at radius 2 is 1.80 bits per heavy atom. The molecular weight excluding hydrogens is 230 g/mol. The number of sulfone groups is 1. The number of carboxylic acids is 1. The normalized spacial score (nSPS) is 14.5. The van der Waals surface area contributed by atoms with Crippen LogP contribution in [0.25, 0.3) is 0 Å². The van der Waals surface area contributed by atoms with Crippen LogP contribution in [-0.4, -0.2) is 36.9 Å². The monoisotopic (exact) mass is 244 g/mol. The van der Waals surface area contributed by atoms with Crippen molar-refractivity contribution in [3.63, 3.8) is 0 Å². The maximum atomic E-state index is 11.8. The number of alkyl halides is 2. The third-order valence-corrected chi connectivity index (χ3v) is 4.18. The number of halogens is 2. The summed E-state index contributed by atoms with van der Waals surface area (Å²) in [5, 5.41) is 7.08. The van der Waals surface area contributed by atoms with Gasteiger partial charge in [-0.3, -0.25) is 4.79 Å². The van der Waals surface area contributed by atoms with Crippen molar-refractivity contribution in [1.82, 2.24) is 0 Å². The summed E-state index contributed by atoms with van der Waals surface area (Å²) in [6.07, 6.45) is -3.56. The van der Waals surface area contributed by atoms with Crippen LogP contribution in [0, 0.1) is 5.92 Å². The van der Waals surface area contributed by atoms with Gasteiger partial charge in [0.2, 0.25) is 6.43 Å². The fourth-order valence-corrected chi connectivity index (χ4v) is 3.13. The minimum atomic E-state index is -4.00. The van der Waals surface area contributed by atoms with Gasteiger partial charge in [-0.2, -0.15) is 0 Å². The van der Waals surface area contributed by atoms with E-state index in [1.165, 1.54) is 13.8 Å². The second-order valence-corrected chi connectivity index (χ2v) is 5.79. The highest BCUT2D eigenvalue weighted by atomic mass is 32.2. The quantitative estimate of drug-likeness (QED) is 0.761. The third-order valence-electron chi connectivity index (χ3n) is 1.86. The smallest absolute Gasteiger partial charge is 0.322 e. The Morgan fingerprint density at radius 1 is 1.33 bits per heavy atom. The van der Waals surface area contributed by atoms with Crippen molar-refractivity contribution in [2.45, 2.75) is 31.9 Å². The highest BCUT2D eigenvalue weighted by Crippen LogP contribution is 2.16. The van der Waals surface area contributed by atoms with Crippen LogP contribution in [0.2, 0.25) is 0 Å². The number of carbonyl (C=O) groups is 1. The predicted octanol–water partition coefficient (Wildman–Crippen LogP) is 1.17. The van der Waals surface area contributed by atoms with Gasteiger partial charge in [-0.05, 0) is 5.92 Å². The summed E-state index contributed by atoms with van der Waals surface area (Å²) < 4.78 is 46.4. The van der Waals surface area contributed by atoms with Crippen molar-refractivity contribution in [3.8, 4) is 0 Å². The Bertz CT molecular complexity index is 311. The highest BCUT2D eigenvalue weighted by Gasteiger charge is 2.35. The van der Waals surface area contributed by atoms with E-state index >= 15 is 0 Å². The third kappa shape index (κ3) is 4.55. The summed E-state index contributed by atoms with van der Waals surface area (Å²) in [5.74, 6) is -2.91. The molecule has 0 rings (SSSR count). The molecule has 15 heavy (non-hydrogen) atoms. The van der Waals surface area contributed by atoms with Gasteiger partial charge in [-0.1, -0.05) is 13.8 Å². The molecule has 0 amide bonds. The summed E-state index contributed by atoms with van der Waals surface area (Å²) >= 11 is 0. The van der Waals surface area contributed by atoms with E-state index in [9.17, 15) is 22.0 Å². The van der Waals surface area contributed by atoms with Crippen molar-refractivity contribution in [3.05, 3.63) is 0 Å². The molecule has 0 radical (unpaired) electrons. The number of carboxylic acid groups (broad SMARTS) is 1. The maximum absolute atomic E-state index is 11.8. The molecule has 1 atom stereocenters. The zero-order valence-corrected chi connectivity index (χ0v) is 9.30. The molecule has 0 heterocycles. The molecule has 0 saturated carbocycles. The molecule has 1 unspecified atom stereocenters. The van der Waals surface area contributed by atoms with E-state index in [1.807, 2.05) is 0 Å². The van der Waals surface area contributed by atoms with E-state index in [0.717, 1.165) is 0 Å². The van der Waals surface area contributed by atoms with Crippen LogP contribution in [-0.2, 0) is 14.6 Å². The second kappa shape index (κ2) is 5.39. The Hall–Kier alpha value is -0.720. The first-order valence-electron chi connectivity index (χ1n) is 4.41. The Kier molecular flexibility index (Phi) is 5.13. The molecule has 0 aliphatic carbocycles. The zero-order valence-electron chi connectivity index (χ0n) is 8.48. The summed E-state index contributed by atoms with van der Waals surface area (Å²) in [6, 6.07) is 0. The van der Waals surface area contributed by atoms with E-state index < -0.39 is 45.6 Å². The summed E-state index contributed by atoms with van der Waals surface area (Å²) in [5.41, 5.74) is 0. The van der Waals surface area contributed by atoms with Gasteiger partial charge in [0.25, 0.3) is 0 Å². The lowest BCUT2D eigenvalue weighted by Gasteiger charge is -2.16. The van der Waals surface area contributed by atoms with Crippen LogP contribution >= 0.6 is 0 Å². The second-order valence-electron chi connectivity index (χ2n) is 3.55. The number of hydrogen-bond acceptors (Lipinski definition) is 3. The molecule has 1 N–H and O–H groups in total. The molecule has 7 heteroatoms. The van der Waals surface area contributed by atoms with Crippen LogP contribution in [0.3, 0.4) is 0 Å². The zero-order chi connectivity index (χ0) is 12.2. The van der Waals surface area contributed by atoms with Crippen LogP contribution < -0.4 is 0 Å². The van der Waals surface area contributed by atoms with Gasteiger partial charge in [0.15, 0.2) is 15.1 Å². The largest absolute Gasteiger partial charge is 0.480 e. The highest BCUT2D eigenvalue weighted by molar-refractivity contribution is 7.92. The first kappa shape index (κ1) is 14.3. The molecule has 0 saturated heterocycles. The molecule has 90 valence electrons. The first-order chi connectivity index (χ1) is 6.68. The number of hydrogen-bond donors (Lipinski definition) is 1. The van der Waals surface area contributed by atoms with Crippen molar-refractivity contribution in [2.75, 3.05) is 5.75 Å². The van der Waals surface area contributed by atoms with Gasteiger partial charge in [-0.25, -0.2) is 17.2 Å². The molecule has 0 fully saturated rings. The summed E-state index contributed by atoms with van der Waals surface area (Å²) in [7, 11) is -4.00. The van der Waals surface area contributed by atoms with Gasteiger partial charge in [0.05, 0.1) is 5.75 Å².